The molecule has 3 aromatic rings. The lowest BCUT2D eigenvalue weighted by molar-refractivity contribution is 0.0281. The number of hydrogen-bond donors (Lipinski definition) is 1. The van der Waals surface area contributed by atoms with E-state index in [9.17, 15) is 13.9 Å². The van der Waals surface area contributed by atoms with Gasteiger partial charge in [0, 0.05) is 25.7 Å². The number of para-hydroxylation sites is 1. The van der Waals surface area contributed by atoms with E-state index in [0.717, 1.165) is 0 Å². The molecule has 0 saturated carbocycles. The van der Waals surface area contributed by atoms with E-state index in [1.807, 2.05) is 13.0 Å². The van der Waals surface area contributed by atoms with Crippen LogP contribution < -0.4 is 9.80 Å². The number of alkyl halides is 2. The van der Waals surface area contributed by atoms with Crippen LogP contribution in [0.15, 0.2) is 24.3 Å². The first kappa shape index (κ1) is 21.8. The molecule has 0 bridgehead atoms. The number of rotatable bonds is 4. The monoisotopic (exact) mass is 460 g/mol. The maximum absolute atomic E-state index is 14.0. The SMILES string of the molecule is C[C@@H]1OCCN(c2cc(N3CCOCC3)nc(-n3c(C(F)F)nc4c(O)cccc43)n2)[C@@H]1C. The Morgan fingerprint density at radius 1 is 1.03 bits per heavy atom. The normalized spacial score (nSPS) is 21.8. The number of aromatic hydroxyl groups is 1. The third-order valence-corrected chi connectivity index (χ3v) is 6.29. The number of morpholine rings is 2. The molecule has 0 spiro atoms. The molecule has 4 heterocycles. The molecule has 2 aromatic heterocycles. The average Bonchev–Trinajstić information content (AvgIpc) is 3.23. The Labute approximate surface area is 189 Å². The van der Waals surface area contributed by atoms with Crippen molar-refractivity contribution in [2.45, 2.75) is 32.4 Å². The zero-order chi connectivity index (χ0) is 23.1. The van der Waals surface area contributed by atoms with Crippen LogP contribution in [-0.2, 0) is 9.47 Å². The van der Waals surface area contributed by atoms with Crippen LogP contribution in [0.2, 0.25) is 0 Å². The molecule has 2 aliphatic rings. The number of benzene rings is 1. The van der Waals surface area contributed by atoms with E-state index in [0.29, 0.717) is 56.6 Å². The Morgan fingerprint density at radius 3 is 2.55 bits per heavy atom. The second kappa shape index (κ2) is 8.71. The van der Waals surface area contributed by atoms with Crippen molar-refractivity contribution in [1.29, 1.82) is 0 Å². The molecule has 2 atom stereocenters. The summed E-state index contributed by atoms with van der Waals surface area (Å²) in [6.45, 7) is 7.61. The summed E-state index contributed by atoms with van der Waals surface area (Å²) in [5.74, 6) is 0.662. The molecule has 0 radical (unpaired) electrons. The quantitative estimate of drug-likeness (QED) is 0.636. The number of halogens is 2. The van der Waals surface area contributed by atoms with Gasteiger partial charge in [-0.1, -0.05) is 6.07 Å². The van der Waals surface area contributed by atoms with Gasteiger partial charge in [-0.25, -0.2) is 13.8 Å². The van der Waals surface area contributed by atoms with E-state index in [2.05, 4.69) is 26.7 Å². The van der Waals surface area contributed by atoms with Gasteiger partial charge in [-0.05, 0) is 26.0 Å². The molecule has 1 aromatic carbocycles. The zero-order valence-corrected chi connectivity index (χ0v) is 18.5. The van der Waals surface area contributed by atoms with Crippen molar-refractivity contribution >= 4 is 22.7 Å². The van der Waals surface area contributed by atoms with E-state index in [1.54, 1.807) is 12.1 Å². The van der Waals surface area contributed by atoms with Crippen LogP contribution in [0, 0.1) is 0 Å². The molecular weight excluding hydrogens is 434 g/mol. The number of phenols is 1. The fourth-order valence-electron chi connectivity index (χ4n) is 4.33. The minimum absolute atomic E-state index is 0.00773. The highest BCUT2D eigenvalue weighted by molar-refractivity contribution is 5.83. The lowest BCUT2D eigenvalue weighted by Crippen LogP contribution is -2.49. The smallest absolute Gasteiger partial charge is 0.296 e. The minimum Gasteiger partial charge on any atom is -0.506 e. The highest BCUT2D eigenvalue weighted by Crippen LogP contribution is 2.33. The van der Waals surface area contributed by atoms with Gasteiger partial charge in [0.2, 0.25) is 5.95 Å². The van der Waals surface area contributed by atoms with E-state index in [4.69, 9.17) is 14.5 Å². The second-order valence-corrected chi connectivity index (χ2v) is 8.24. The summed E-state index contributed by atoms with van der Waals surface area (Å²) in [6.07, 6.45) is -2.88. The summed E-state index contributed by atoms with van der Waals surface area (Å²) in [5.41, 5.74) is 0.404. The molecule has 0 aliphatic carbocycles. The highest BCUT2D eigenvalue weighted by atomic mass is 19.3. The number of imidazole rings is 1. The minimum atomic E-state index is -2.88. The van der Waals surface area contributed by atoms with Gasteiger partial charge >= 0.3 is 0 Å². The summed E-state index contributed by atoms with van der Waals surface area (Å²) in [4.78, 5) is 17.6. The van der Waals surface area contributed by atoms with Crippen LogP contribution in [-0.4, -0.2) is 76.2 Å². The Kier molecular flexibility index (Phi) is 5.75. The molecule has 176 valence electrons. The number of nitrogens with zero attached hydrogens (tertiary/aromatic N) is 6. The molecule has 2 aliphatic heterocycles. The van der Waals surface area contributed by atoms with Gasteiger partial charge in [-0.3, -0.25) is 4.57 Å². The first-order chi connectivity index (χ1) is 15.9. The van der Waals surface area contributed by atoms with Crippen molar-refractivity contribution in [3.8, 4) is 11.7 Å². The summed E-state index contributed by atoms with van der Waals surface area (Å²) >= 11 is 0. The summed E-state index contributed by atoms with van der Waals surface area (Å²) in [5, 5.41) is 10.2. The summed E-state index contributed by atoms with van der Waals surface area (Å²) in [6, 6.07) is 6.56. The lowest BCUT2D eigenvalue weighted by atomic mass is 10.1. The molecule has 0 amide bonds. The Balaban J connectivity index is 1.70. The molecule has 9 nitrogen and oxygen atoms in total. The molecule has 2 fully saturated rings. The first-order valence-corrected chi connectivity index (χ1v) is 11.0. The molecule has 11 heteroatoms. The molecule has 2 saturated heterocycles. The Morgan fingerprint density at radius 2 is 1.79 bits per heavy atom. The lowest BCUT2D eigenvalue weighted by Gasteiger charge is -2.39. The highest BCUT2D eigenvalue weighted by Gasteiger charge is 2.30. The van der Waals surface area contributed by atoms with Crippen LogP contribution in [0.25, 0.3) is 17.0 Å². The third-order valence-electron chi connectivity index (χ3n) is 6.29. The van der Waals surface area contributed by atoms with Crippen molar-refractivity contribution in [3.05, 3.63) is 30.1 Å². The van der Waals surface area contributed by atoms with Crippen LogP contribution in [0.1, 0.15) is 26.1 Å². The van der Waals surface area contributed by atoms with Crippen LogP contribution in [0.3, 0.4) is 0 Å². The van der Waals surface area contributed by atoms with Gasteiger partial charge in [0.15, 0.2) is 5.82 Å². The Bertz CT molecular complexity index is 1150. The maximum Gasteiger partial charge on any atom is 0.296 e. The van der Waals surface area contributed by atoms with E-state index >= 15 is 0 Å². The predicted molar refractivity (Wildman–Crippen MR) is 119 cm³/mol. The third kappa shape index (κ3) is 3.95. The average molecular weight is 460 g/mol. The topological polar surface area (TPSA) is 88.8 Å². The summed E-state index contributed by atoms with van der Waals surface area (Å²) < 4.78 is 40.5. The number of phenolic OH excluding ortho intramolecular Hbond substituents is 1. The van der Waals surface area contributed by atoms with Gasteiger partial charge in [-0.2, -0.15) is 9.97 Å². The number of ether oxygens (including phenoxy) is 2. The van der Waals surface area contributed by atoms with Gasteiger partial charge in [0.05, 0.1) is 37.5 Å². The standard InChI is InChI=1S/C22H26F2N6O3/c1-13-14(2)33-11-8-29(13)18-12-17(28-6-9-32-10-7-28)25-22(26-18)30-15-4-3-5-16(31)19(15)27-21(30)20(23)24/h3-5,12-14,20,31H,6-11H2,1-2H3/t13-,14+/m1/s1. The molecule has 0 unspecified atom stereocenters. The van der Waals surface area contributed by atoms with Crippen molar-refractivity contribution in [2.75, 3.05) is 49.3 Å². The maximum atomic E-state index is 14.0. The van der Waals surface area contributed by atoms with Gasteiger partial charge in [0.25, 0.3) is 6.43 Å². The van der Waals surface area contributed by atoms with Crippen molar-refractivity contribution < 1.29 is 23.4 Å². The van der Waals surface area contributed by atoms with E-state index in [-0.39, 0.29) is 29.4 Å². The molecule has 1 N–H and O–H groups in total. The molecule has 33 heavy (non-hydrogen) atoms. The Hall–Kier alpha value is -3.05. The number of anilines is 2. The zero-order valence-electron chi connectivity index (χ0n) is 18.5. The van der Waals surface area contributed by atoms with E-state index in [1.165, 1.54) is 10.6 Å². The van der Waals surface area contributed by atoms with Crippen molar-refractivity contribution in [2.24, 2.45) is 0 Å². The fraction of sp³-hybridized carbons (Fsp3) is 0.500. The number of hydrogen-bond acceptors (Lipinski definition) is 8. The first-order valence-electron chi connectivity index (χ1n) is 11.0. The van der Waals surface area contributed by atoms with Gasteiger partial charge in [0.1, 0.15) is 22.9 Å². The molecular formula is C22H26F2N6O3. The fourth-order valence-corrected chi connectivity index (χ4v) is 4.33. The predicted octanol–water partition coefficient (Wildman–Crippen LogP) is 2.91. The van der Waals surface area contributed by atoms with Crippen molar-refractivity contribution in [3.63, 3.8) is 0 Å². The number of aromatic nitrogens is 4. The van der Waals surface area contributed by atoms with Crippen LogP contribution in [0.5, 0.6) is 5.75 Å². The largest absolute Gasteiger partial charge is 0.506 e. The number of fused-ring (bicyclic) bond motifs is 1. The van der Waals surface area contributed by atoms with Crippen LogP contribution >= 0.6 is 0 Å². The summed E-state index contributed by atoms with van der Waals surface area (Å²) in [7, 11) is 0. The van der Waals surface area contributed by atoms with Crippen molar-refractivity contribution in [1.82, 2.24) is 19.5 Å². The van der Waals surface area contributed by atoms with Gasteiger partial charge < -0.3 is 24.4 Å². The second-order valence-electron chi connectivity index (χ2n) is 8.24. The van der Waals surface area contributed by atoms with Crippen LogP contribution in [0.4, 0.5) is 20.4 Å². The molecule has 5 rings (SSSR count). The van der Waals surface area contributed by atoms with Gasteiger partial charge in [-0.15, -0.1) is 0 Å². The van der Waals surface area contributed by atoms with E-state index < -0.39 is 12.2 Å².